The van der Waals surface area contributed by atoms with E-state index in [0.29, 0.717) is 12.5 Å². The number of ketones is 1. The van der Waals surface area contributed by atoms with Gasteiger partial charge in [0.15, 0.2) is 5.78 Å². The minimum Gasteiger partial charge on any atom is -0.457 e. The van der Waals surface area contributed by atoms with Crippen molar-refractivity contribution in [1.29, 1.82) is 5.53 Å². The van der Waals surface area contributed by atoms with Crippen molar-refractivity contribution in [3.8, 4) is 6.01 Å². The number of alkyl halides is 2. The van der Waals surface area contributed by atoms with Crippen LogP contribution in [0.1, 0.15) is 29.8 Å². The zero-order chi connectivity index (χ0) is 20.0. The third-order valence-corrected chi connectivity index (χ3v) is 3.37. The van der Waals surface area contributed by atoms with Crippen LogP contribution < -0.4 is 10.1 Å². The molecule has 0 aliphatic carbocycles. The van der Waals surface area contributed by atoms with Gasteiger partial charge in [-0.05, 0) is 25.1 Å². The summed E-state index contributed by atoms with van der Waals surface area (Å²) in [5.74, 6) is -4.54. The fourth-order valence-electron chi connectivity index (χ4n) is 1.94. The van der Waals surface area contributed by atoms with E-state index in [-0.39, 0.29) is 29.8 Å². The van der Waals surface area contributed by atoms with Gasteiger partial charge in [-0.1, -0.05) is 0 Å². The van der Waals surface area contributed by atoms with Gasteiger partial charge in [-0.2, -0.15) is 5.11 Å². The van der Waals surface area contributed by atoms with Crippen molar-refractivity contribution in [2.45, 2.75) is 19.8 Å². The quantitative estimate of drug-likeness (QED) is 0.526. The van der Waals surface area contributed by atoms with Gasteiger partial charge in [-0.25, -0.2) is 28.7 Å². The Labute approximate surface area is 152 Å². The highest BCUT2D eigenvalue weighted by atomic mass is 19.3. The molecular weight excluding hydrogens is 363 g/mol. The first-order valence-corrected chi connectivity index (χ1v) is 7.67. The van der Waals surface area contributed by atoms with Gasteiger partial charge in [0.25, 0.3) is 5.92 Å². The lowest BCUT2D eigenvalue weighted by Crippen LogP contribution is -2.10. The molecule has 7 nitrogen and oxygen atoms in total. The molecule has 0 radical (unpaired) electrons. The number of nitrogens with one attached hydrogen (secondary N) is 2. The number of Topliss-reactive ketones (excluding diaryl/α,β-unsaturated/α-hetero) is 1. The highest BCUT2D eigenvalue weighted by molar-refractivity contribution is 5.93. The van der Waals surface area contributed by atoms with E-state index in [0.717, 1.165) is 12.1 Å². The lowest BCUT2D eigenvalue weighted by atomic mass is 10.1. The van der Waals surface area contributed by atoms with Crippen LogP contribution in [0.4, 0.5) is 18.9 Å². The molecule has 0 saturated carbocycles. The largest absolute Gasteiger partial charge is 0.457 e. The first-order chi connectivity index (χ1) is 12.7. The number of ether oxygens (including phenoxy) is 1. The molecule has 0 bridgehead atoms. The van der Waals surface area contributed by atoms with Gasteiger partial charge in [0.1, 0.15) is 18.1 Å². The molecule has 2 rings (SSSR count). The molecule has 10 heteroatoms. The van der Waals surface area contributed by atoms with Crippen molar-refractivity contribution >= 4 is 11.5 Å². The second kappa shape index (κ2) is 8.39. The van der Waals surface area contributed by atoms with Gasteiger partial charge in [-0.3, -0.25) is 4.79 Å². The number of benzene rings is 1. The molecule has 0 unspecified atom stereocenters. The van der Waals surface area contributed by atoms with Crippen LogP contribution in [0.25, 0.3) is 0 Å². The molecule has 0 amide bonds. The van der Waals surface area contributed by atoms with E-state index in [1.165, 1.54) is 31.6 Å². The van der Waals surface area contributed by atoms with Crippen molar-refractivity contribution in [1.82, 2.24) is 9.97 Å². The zero-order valence-electron chi connectivity index (χ0n) is 14.5. The minimum absolute atomic E-state index is 0.0238. The Morgan fingerprint density at radius 1 is 1.37 bits per heavy atom. The van der Waals surface area contributed by atoms with Crippen LogP contribution in [0.2, 0.25) is 0 Å². The predicted octanol–water partition coefficient (Wildman–Crippen LogP) is 4.29. The molecule has 2 aromatic rings. The molecule has 1 aromatic heterocycles. The topological polar surface area (TPSA) is 100 Å². The Morgan fingerprint density at radius 3 is 2.59 bits per heavy atom. The normalized spacial score (nSPS) is 11.8. The Kier molecular flexibility index (Phi) is 6.22. The number of carbonyl (C=O) groups excluding carboxylic acids is 1. The Hall–Kier alpha value is -3.30. The summed E-state index contributed by atoms with van der Waals surface area (Å²) in [6.45, 7) is 1.79. The zero-order valence-corrected chi connectivity index (χ0v) is 14.5. The first kappa shape index (κ1) is 20.0. The van der Waals surface area contributed by atoms with E-state index < -0.39 is 17.3 Å². The molecule has 142 valence electrons. The van der Waals surface area contributed by atoms with Gasteiger partial charge in [0.05, 0.1) is 11.1 Å². The highest BCUT2D eigenvalue weighted by Gasteiger charge is 2.28. The number of hydrogen-bond donors (Lipinski definition) is 2. The average molecular weight is 379 g/mol. The lowest BCUT2D eigenvalue weighted by Gasteiger charge is -2.13. The van der Waals surface area contributed by atoms with Crippen LogP contribution in [0.5, 0.6) is 6.01 Å². The van der Waals surface area contributed by atoms with Gasteiger partial charge >= 0.3 is 6.01 Å². The second-order valence-electron chi connectivity index (χ2n) is 5.57. The number of anilines is 1. The lowest BCUT2D eigenvalue weighted by molar-refractivity contribution is 0.0138. The maximum absolute atomic E-state index is 13.5. The molecule has 0 aliphatic heterocycles. The summed E-state index contributed by atoms with van der Waals surface area (Å²) in [4.78, 5) is 18.8. The molecule has 0 spiro atoms. The maximum atomic E-state index is 13.5. The SMILES string of the molecule is CC(=O)c1cnc(OC/C(=C/Nc2ccc(F)c(C(C)(F)F)c2)N=N)nc1. The summed E-state index contributed by atoms with van der Waals surface area (Å²) in [5, 5.41) is 5.90. The summed E-state index contributed by atoms with van der Waals surface area (Å²) < 4.78 is 45.5. The van der Waals surface area contributed by atoms with Crippen molar-refractivity contribution in [3.63, 3.8) is 0 Å². The van der Waals surface area contributed by atoms with Gasteiger partial charge in [0, 0.05) is 31.2 Å². The molecular formula is C17H16F3N5O2. The van der Waals surface area contributed by atoms with Gasteiger partial charge in [0.2, 0.25) is 0 Å². The van der Waals surface area contributed by atoms with Gasteiger partial charge in [-0.15, -0.1) is 0 Å². The van der Waals surface area contributed by atoms with Crippen LogP contribution in [-0.2, 0) is 5.92 Å². The van der Waals surface area contributed by atoms with E-state index in [1.807, 2.05) is 0 Å². The number of carbonyl (C=O) groups is 1. The first-order valence-electron chi connectivity index (χ1n) is 7.67. The highest BCUT2D eigenvalue weighted by Crippen LogP contribution is 2.31. The number of nitrogens with zero attached hydrogens (tertiary/aromatic N) is 3. The smallest absolute Gasteiger partial charge is 0.316 e. The van der Waals surface area contributed by atoms with E-state index in [2.05, 4.69) is 20.4 Å². The third-order valence-electron chi connectivity index (χ3n) is 3.37. The van der Waals surface area contributed by atoms with Gasteiger partial charge < -0.3 is 10.1 Å². The fourth-order valence-corrected chi connectivity index (χ4v) is 1.94. The molecule has 0 fully saturated rings. The van der Waals surface area contributed by atoms with E-state index in [1.54, 1.807) is 0 Å². The summed E-state index contributed by atoms with van der Waals surface area (Å²) in [6.07, 6.45) is 3.85. The van der Waals surface area contributed by atoms with Crippen molar-refractivity contribution < 1.29 is 22.7 Å². The van der Waals surface area contributed by atoms with E-state index in [4.69, 9.17) is 10.3 Å². The molecule has 0 atom stereocenters. The summed E-state index contributed by atoms with van der Waals surface area (Å²) >= 11 is 0. The molecule has 1 aromatic carbocycles. The molecule has 27 heavy (non-hydrogen) atoms. The molecule has 1 heterocycles. The molecule has 0 aliphatic rings. The Bertz CT molecular complexity index is 864. The van der Waals surface area contributed by atoms with Crippen LogP contribution in [-0.4, -0.2) is 22.4 Å². The number of rotatable bonds is 8. The van der Waals surface area contributed by atoms with Crippen LogP contribution in [0, 0.1) is 11.3 Å². The second-order valence-corrected chi connectivity index (χ2v) is 5.57. The number of aromatic nitrogens is 2. The minimum atomic E-state index is -3.33. The van der Waals surface area contributed by atoms with E-state index in [9.17, 15) is 18.0 Å². The van der Waals surface area contributed by atoms with Crippen molar-refractivity contribution in [3.05, 3.63) is 59.4 Å². The summed E-state index contributed by atoms with van der Waals surface area (Å²) in [5.41, 5.74) is 6.99. The monoisotopic (exact) mass is 379 g/mol. The van der Waals surface area contributed by atoms with Crippen LogP contribution in [0.15, 0.2) is 47.6 Å². The Morgan fingerprint density at radius 2 is 2.04 bits per heavy atom. The number of halogens is 3. The molecule has 2 N–H and O–H groups in total. The van der Waals surface area contributed by atoms with E-state index >= 15 is 0 Å². The average Bonchev–Trinajstić information content (AvgIpc) is 2.62. The fraction of sp³-hybridized carbons (Fsp3) is 0.235. The standard InChI is InChI=1S/C17H16F3N5O2/c1-10(26)11-6-23-16(24-7-11)27-9-13(25-21)8-22-12-3-4-15(18)14(5-12)17(2,19)20/h3-8,21-22H,9H2,1-2H3/b13-8-,25-21?. The van der Waals surface area contributed by atoms with Crippen LogP contribution in [0.3, 0.4) is 0 Å². The molecule has 0 saturated heterocycles. The van der Waals surface area contributed by atoms with Crippen molar-refractivity contribution in [2.24, 2.45) is 5.11 Å². The van der Waals surface area contributed by atoms with Crippen molar-refractivity contribution in [2.75, 3.05) is 11.9 Å². The maximum Gasteiger partial charge on any atom is 0.316 e. The predicted molar refractivity (Wildman–Crippen MR) is 90.4 cm³/mol. The Balaban J connectivity index is 2.04. The third kappa shape index (κ3) is 5.59. The number of hydrogen-bond acceptors (Lipinski definition) is 7. The summed E-state index contributed by atoms with van der Waals surface area (Å²) in [6, 6.07) is 3.14. The van der Waals surface area contributed by atoms with Crippen LogP contribution >= 0.6 is 0 Å². The summed E-state index contributed by atoms with van der Waals surface area (Å²) in [7, 11) is 0.